The predicted molar refractivity (Wildman–Crippen MR) is 109 cm³/mol. The largest absolute Gasteiger partial charge is 0.495 e. The van der Waals surface area contributed by atoms with Crippen LogP contribution in [0.5, 0.6) is 5.75 Å². The van der Waals surface area contributed by atoms with Gasteiger partial charge in [0, 0.05) is 32.4 Å². The maximum absolute atomic E-state index is 13.9. The first-order chi connectivity index (χ1) is 14.2. The van der Waals surface area contributed by atoms with Crippen LogP contribution in [0.1, 0.15) is 0 Å². The first kappa shape index (κ1) is 18.9. The average molecular weight is 397 g/mol. The number of para-hydroxylation sites is 3. The van der Waals surface area contributed by atoms with Crippen molar-refractivity contribution in [2.45, 2.75) is 0 Å². The Hall–Kier alpha value is -3.42. The summed E-state index contributed by atoms with van der Waals surface area (Å²) in [6.45, 7) is 3.00. The summed E-state index contributed by atoms with van der Waals surface area (Å²) in [6.07, 6.45) is 1.58. The zero-order valence-electron chi connectivity index (χ0n) is 16.0. The first-order valence-corrected chi connectivity index (χ1v) is 9.32. The molecule has 6 nitrogen and oxygen atoms in total. The molecule has 1 N–H and O–H groups in total. The fraction of sp³-hybridized carbons (Fsp3) is 0.238. The highest BCUT2D eigenvalue weighted by molar-refractivity contribution is 5.60. The van der Waals surface area contributed by atoms with Crippen LogP contribution >= 0.6 is 0 Å². The molecule has 3 aromatic rings. The number of rotatable bonds is 5. The zero-order valence-corrected chi connectivity index (χ0v) is 16.0. The van der Waals surface area contributed by atoms with Crippen LogP contribution < -0.4 is 19.9 Å². The van der Waals surface area contributed by atoms with Crippen LogP contribution in [0.3, 0.4) is 0 Å². The maximum Gasteiger partial charge on any atom is 0.227 e. The van der Waals surface area contributed by atoms with Crippen LogP contribution in [-0.2, 0) is 0 Å². The summed E-state index contributed by atoms with van der Waals surface area (Å²) in [5.74, 6) is 0.360. The SMILES string of the molecule is COc1ccccc1N1CCN(c2nccc(Nc3c(F)cccc3F)n2)CC1. The molecule has 0 unspecified atom stereocenters. The van der Waals surface area contributed by atoms with E-state index in [1.165, 1.54) is 18.2 Å². The molecule has 1 aliphatic rings. The van der Waals surface area contributed by atoms with Crippen molar-refractivity contribution in [2.24, 2.45) is 0 Å². The fourth-order valence-corrected chi connectivity index (χ4v) is 3.35. The number of hydrogen-bond acceptors (Lipinski definition) is 6. The molecule has 0 bridgehead atoms. The summed E-state index contributed by atoms with van der Waals surface area (Å²) >= 11 is 0. The Kier molecular flexibility index (Phi) is 5.41. The van der Waals surface area contributed by atoms with Gasteiger partial charge in [0.2, 0.25) is 5.95 Å². The smallest absolute Gasteiger partial charge is 0.227 e. The van der Waals surface area contributed by atoms with E-state index in [-0.39, 0.29) is 5.69 Å². The summed E-state index contributed by atoms with van der Waals surface area (Å²) in [4.78, 5) is 13.1. The van der Waals surface area contributed by atoms with Crippen molar-refractivity contribution >= 4 is 23.1 Å². The third-order valence-corrected chi connectivity index (χ3v) is 4.85. The van der Waals surface area contributed by atoms with Crippen LogP contribution in [-0.4, -0.2) is 43.3 Å². The summed E-state index contributed by atoms with van der Waals surface area (Å²) in [6, 6.07) is 13.2. The normalized spacial score (nSPS) is 14.0. The molecule has 0 spiro atoms. The van der Waals surface area contributed by atoms with Gasteiger partial charge in [-0.3, -0.25) is 0 Å². The van der Waals surface area contributed by atoms with E-state index in [1.807, 2.05) is 24.3 Å². The third-order valence-electron chi connectivity index (χ3n) is 4.85. The van der Waals surface area contributed by atoms with E-state index >= 15 is 0 Å². The van der Waals surface area contributed by atoms with E-state index in [4.69, 9.17) is 4.74 Å². The second-order valence-corrected chi connectivity index (χ2v) is 6.61. The predicted octanol–water partition coefficient (Wildman–Crippen LogP) is 3.83. The Morgan fingerprint density at radius 1 is 0.897 bits per heavy atom. The molecule has 4 rings (SSSR count). The third kappa shape index (κ3) is 4.06. The molecule has 0 atom stereocenters. The molecule has 0 saturated carbocycles. The Balaban J connectivity index is 1.46. The van der Waals surface area contributed by atoms with Gasteiger partial charge in [-0.05, 0) is 30.3 Å². The lowest BCUT2D eigenvalue weighted by Gasteiger charge is -2.36. The van der Waals surface area contributed by atoms with Crippen LogP contribution in [0.15, 0.2) is 54.7 Å². The van der Waals surface area contributed by atoms with E-state index in [0.717, 1.165) is 37.6 Å². The first-order valence-electron chi connectivity index (χ1n) is 9.32. The van der Waals surface area contributed by atoms with Crippen molar-refractivity contribution in [2.75, 3.05) is 48.4 Å². The highest BCUT2D eigenvalue weighted by Crippen LogP contribution is 2.29. The van der Waals surface area contributed by atoms with Crippen molar-refractivity contribution in [3.8, 4) is 5.75 Å². The second-order valence-electron chi connectivity index (χ2n) is 6.61. The lowest BCUT2D eigenvalue weighted by Crippen LogP contribution is -2.47. The molecule has 0 aliphatic carbocycles. The van der Waals surface area contributed by atoms with Gasteiger partial charge < -0.3 is 19.9 Å². The van der Waals surface area contributed by atoms with Gasteiger partial charge in [-0.2, -0.15) is 4.98 Å². The molecular formula is C21H21F2N5O. The number of ether oxygens (including phenoxy) is 1. The van der Waals surface area contributed by atoms with Crippen molar-refractivity contribution in [1.82, 2.24) is 9.97 Å². The number of benzene rings is 2. The summed E-state index contributed by atoms with van der Waals surface area (Å²) in [5.41, 5.74) is 0.833. The van der Waals surface area contributed by atoms with Gasteiger partial charge in [0.05, 0.1) is 12.8 Å². The lowest BCUT2D eigenvalue weighted by molar-refractivity contribution is 0.413. The minimum atomic E-state index is -0.671. The number of aromatic nitrogens is 2. The number of halogens is 2. The molecule has 2 aromatic carbocycles. The highest BCUT2D eigenvalue weighted by atomic mass is 19.1. The molecule has 2 heterocycles. The van der Waals surface area contributed by atoms with Gasteiger partial charge in [0.1, 0.15) is 28.9 Å². The molecule has 1 fully saturated rings. The van der Waals surface area contributed by atoms with Crippen LogP contribution in [0.2, 0.25) is 0 Å². The minimum absolute atomic E-state index is 0.224. The Morgan fingerprint density at radius 3 is 2.31 bits per heavy atom. The second kappa shape index (κ2) is 8.30. The summed E-state index contributed by atoms with van der Waals surface area (Å²) in [5, 5.41) is 2.71. The molecule has 0 radical (unpaired) electrons. The Morgan fingerprint density at radius 2 is 1.59 bits per heavy atom. The number of anilines is 4. The zero-order chi connectivity index (χ0) is 20.2. The van der Waals surface area contributed by atoms with Gasteiger partial charge in [0.25, 0.3) is 0 Å². The number of nitrogens with one attached hydrogen (secondary N) is 1. The van der Waals surface area contributed by atoms with Crippen molar-refractivity contribution in [1.29, 1.82) is 0 Å². The van der Waals surface area contributed by atoms with Gasteiger partial charge in [-0.1, -0.05) is 18.2 Å². The minimum Gasteiger partial charge on any atom is -0.495 e. The topological polar surface area (TPSA) is 53.5 Å². The van der Waals surface area contributed by atoms with E-state index < -0.39 is 11.6 Å². The standard InChI is InChI=1S/C21H21F2N5O/c1-29-18-8-3-2-7-17(18)27-11-13-28(14-12-27)21-24-10-9-19(26-21)25-20-15(22)5-4-6-16(20)23/h2-10H,11-14H2,1H3,(H,24,25,26). The molecule has 1 aromatic heterocycles. The maximum atomic E-state index is 13.9. The van der Waals surface area contributed by atoms with Crippen molar-refractivity contribution in [3.63, 3.8) is 0 Å². The van der Waals surface area contributed by atoms with Gasteiger partial charge in [-0.25, -0.2) is 13.8 Å². The molecular weight excluding hydrogens is 376 g/mol. The lowest BCUT2D eigenvalue weighted by atomic mass is 10.2. The molecule has 29 heavy (non-hydrogen) atoms. The molecule has 150 valence electrons. The van der Waals surface area contributed by atoms with Gasteiger partial charge in [0.15, 0.2) is 0 Å². The summed E-state index contributed by atoms with van der Waals surface area (Å²) < 4.78 is 33.2. The molecule has 1 saturated heterocycles. The van der Waals surface area contributed by atoms with E-state index in [0.29, 0.717) is 11.8 Å². The molecule has 0 amide bonds. The molecule has 8 heteroatoms. The van der Waals surface area contributed by atoms with Gasteiger partial charge >= 0.3 is 0 Å². The molecule has 1 aliphatic heterocycles. The monoisotopic (exact) mass is 397 g/mol. The fourth-order valence-electron chi connectivity index (χ4n) is 3.35. The quantitative estimate of drug-likeness (QED) is 0.706. The number of methoxy groups -OCH3 is 1. The van der Waals surface area contributed by atoms with Crippen LogP contribution in [0.4, 0.5) is 31.9 Å². The van der Waals surface area contributed by atoms with Crippen LogP contribution in [0, 0.1) is 11.6 Å². The number of hydrogen-bond donors (Lipinski definition) is 1. The van der Waals surface area contributed by atoms with Crippen molar-refractivity contribution < 1.29 is 13.5 Å². The van der Waals surface area contributed by atoms with E-state index in [2.05, 4.69) is 25.1 Å². The van der Waals surface area contributed by atoms with E-state index in [1.54, 1.807) is 19.4 Å². The Labute approximate surface area is 167 Å². The number of piperazine rings is 1. The highest BCUT2D eigenvalue weighted by Gasteiger charge is 2.21. The average Bonchev–Trinajstić information content (AvgIpc) is 2.77. The van der Waals surface area contributed by atoms with Crippen molar-refractivity contribution in [3.05, 3.63) is 66.4 Å². The van der Waals surface area contributed by atoms with Gasteiger partial charge in [-0.15, -0.1) is 0 Å². The van der Waals surface area contributed by atoms with E-state index in [9.17, 15) is 8.78 Å². The Bertz CT molecular complexity index is 972. The summed E-state index contributed by atoms with van der Waals surface area (Å²) in [7, 11) is 1.67. The number of nitrogens with zero attached hydrogens (tertiary/aromatic N) is 4. The van der Waals surface area contributed by atoms with Crippen LogP contribution in [0.25, 0.3) is 0 Å².